The van der Waals surface area contributed by atoms with E-state index >= 15 is 0 Å². The number of rotatable bonds is 2. The van der Waals surface area contributed by atoms with E-state index < -0.39 is 0 Å². The Balaban J connectivity index is 1.63. The maximum atomic E-state index is 9.85. The van der Waals surface area contributed by atoms with Gasteiger partial charge in [-0.05, 0) is 36.5 Å². The van der Waals surface area contributed by atoms with Gasteiger partial charge in [0.25, 0.3) is 0 Å². The van der Waals surface area contributed by atoms with E-state index in [0.717, 1.165) is 32.0 Å². The predicted molar refractivity (Wildman–Crippen MR) is 61.7 cm³/mol. The molecule has 3 rings (SSSR count). The molecular formula is C13H18N2O. The van der Waals surface area contributed by atoms with Crippen LogP contribution in [0.15, 0.2) is 24.5 Å². The Bertz CT molecular complexity index is 354. The molecule has 3 atom stereocenters. The maximum Gasteiger partial charge on any atom is 0.0583 e. The molecule has 1 aromatic rings. The maximum absolute atomic E-state index is 9.85. The van der Waals surface area contributed by atoms with Crippen LogP contribution in [0.1, 0.15) is 18.4 Å². The van der Waals surface area contributed by atoms with Crippen LogP contribution in [0.5, 0.6) is 0 Å². The summed E-state index contributed by atoms with van der Waals surface area (Å²) < 4.78 is 0. The zero-order chi connectivity index (χ0) is 11.0. The largest absolute Gasteiger partial charge is 0.393 e. The number of aliphatic hydroxyl groups is 1. The Morgan fingerprint density at radius 1 is 1.25 bits per heavy atom. The summed E-state index contributed by atoms with van der Waals surface area (Å²) in [6, 6.07) is 4.15. The van der Waals surface area contributed by atoms with Crippen LogP contribution in [-0.2, 0) is 6.54 Å². The SMILES string of the molecule is OC1CCC2CN(Cc3ccncc3)CC12. The highest BCUT2D eigenvalue weighted by Crippen LogP contribution is 2.38. The molecule has 1 N–H and O–H groups in total. The van der Waals surface area contributed by atoms with Gasteiger partial charge in [-0.3, -0.25) is 9.88 Å². The normalized spacial score (nSPS) is 34.2. The molecule has 0 aromatic carbocycles. The van der Waals surface area contributed by atoms with Crippen molar-refractivity contribution in [1.29, 1.82) is 0 Å². The van der Waals surface area contributed by atoms with Crippen molar-refractivity contribution in [2.75, 3.05) is 13.1 Å². The van der Waals surface area contributed by atoms with Gasteiger partial charge in [-0.2, -0.15) is 0 Å². The fourth-order valence-corrected chi connectivity index (χ4v) is 3.20. The number of aromatic nitrogens is 1. The standard InChI is InChI=1S/C13H18N2O/c16-13-2-1-11-8-15(9-12(11)13)7-10-3-5-14-6-4-10/h3-6,11-13,16H,1-2,7-9H2. The smallest absolute Gasteiger partial charge is 0.0583 e. The number of fused-ring (bicyclic) bond motifs is 1. The summed E-state index contributed by atoms with van der Waals surface area (Å²) in [5, 5.41) is 9.85. The Hall–Kier alpha value is -0.930. The molecule has 1 aliphatic carbocycles. The van der Waals surface area contributed by atoms with Gasteiger partial charge >= 0.3 is 0 Å². The first-order chi connectivity index (χ1) is 7.83. The molecular weight excluding hydrogens is 200 g/mol. The molecule has 2 heterocycles. The quantitative estimate of drug-likeness (QED) is 0.812. The molecule has 3 heteroatoms. The van der Waals surface area contributed by atoms with Gasteiger partial charge in [0.1, 0.15) is 0 Å². The second-order valence-electron chi connectivity index (χ2n) is 5.12. The zero-order valence-corrected chi connectivity index (χ0v) is 9.42. The van der Waals surface area contributed by atoms with Crippen LogP contribution in [0.4, 0.5) is 0 Å². The van der Waals surface area contributed by atoms with Crippen LogP contribution in [0, 0.1) is 11.8 Å². The third kappa shape index (κ3) is 1.85. The van der Waals surface area contributed by atoms with Gasteiger partial charge in [-0.15, -0.1) is 0 Å². The van der Waals surface area contributed by atoms with Crippen LogP contribution >= 0.6 is 0 Å². The zero-order valence-electron chi connectivity index (χ0n) is 9.42. The van der Waals surface area contributed by atoms with E-state index in [0.29, 0.717) is 5.92 Å². The number of hydrogen-bond donors (Lipinski definition) is 1. The summed E-state index contributed by atoms with van der Waals surface area (Å²) in [6.45, 7) is 3.22. The molecule has 0 radical (unpaired) electrons. The van der Waals surface area contributed by atoms with E-state index in [1.165, 1.54) is 12.0 Å². The van der Waals surface area contributed by atoms with E-state index in [4.69, 9.17) is 0 Å². The molecule has 1 aliphatic heterocycles. The minimum atomic E-state index is -0.0487. The first kappa shape index (κ1) is 10.2. The average molecular weight is 218 g/mol. The van der Waals surface area contributed by atoms with E-state index in [-0.39, 0.29) is 6.10 Å². The minimum Gasteiger partial charge on any atom is -0.393 e. The summed E-state index contributed by atoms with van der Waals surface area (Å²) in [5.74, 6) is 1.26. The summed E-state index contributed by atoms with van der Waals surface area (Å²) >= 11 is 0. The van der Waals surface area contributed by atoms with Crippen LogP contribution in [-0.4, -0.2) is 34.2 Å². The lowest BCUT2D eigenvalue weighted by Gasteiger charge is -2.17. The predicted octanol–water partition coefficient (Wildman–Crippen LogP) is 1.28. The van der Waals surface area contributed by atoms with Crippen molar-refractivity contribution in [3.63, 3.8) is 0 Å². The molecule has 3 nitrogen and oxygen atoms in total. The van der Waals surface area contributed by atoms with E-state index in [2.05, 4.69) is 22.0 Å². The molecule has 86 valence electrons. The molecule has 0 bridgehead atoms. The van der Waals surface area contributed by atoms with Crippen molar-refractivity contribution in [2.24, 2.45) is 11.8 Å². The van der Waals surface area contributed by atoms with Gasteiger partial charge < -0.3 is 5.11 Å². The summed E-state index contributed by atoms with van der Waals surface area (Å²) in [6.07, 6.45) is 5.87. The Labute approximate surface area is 96.1 Å². The molecule has 1 saturated heterocycles. The van der Waals surface area contributed by atoms with Crippen molar-refractivity contribution in [2.45, 2.75) is 25.5 Å². The summed E-state index contributed by atoms with van der Waals surface area (Å²) in [7, 11) is 0. The molecule has 16 heavy (non-hydrogen) atoms. The van der Waals surface area contributed by atoms with E-state index in [1.807, 2.05) is 12.4 Å². The Morgan fingerprint density at radius 2 is 2.06 bits per heavy atom. The van der Waals surface area contributed by atoms with Gasteiger partial charge in [0.05, 0.1) is 6.10 Å². The molecule has 1 aromatic heterocycles. The monoisotopic (exact) mass is 218 g/mol. The molecule has 0 amide bonds. The van der Waals surface area contributed by atoms with Crippen molar-refractivity contribution >= 4 is 0 Å². The van der Waals surface area contributed by atoms with E-state index in [1.54, 1.807) is 0 Å². The minimum absolute atomic E-state index is 0.0487. The molecule has 3 unspecified atom stereocenters. The fourth-order valence-electron chi connectivity index (χ4n) is 3.20. The lowest BCUT2D eigenvalue weighted by atomic mass is 10.00. The second-order valence-corrected chi connectivity index (χ2v) is 5.12. The van der Waals surface area contributed by atoms with Crippen LogP contribution in [0.2, 0.25) is 0 Å². The van der Waals surface area contributed by atoms with Crippen molar-refractivity contribution in [1.82, 2.24) is 9.88 Å². The highest BCUT2D eigenvalue weighted by molar-refractivity contribution is 5.10. The van der Waals surface area contributed by atoms with Crippen molar-refractivity contribution < 1.29 is 5.11 Å². The summed E-state index contributed by atoms with van der Waals surface area (Å²) in [4.78, 5) is 6.50. The second kappa shape index (κ2) is 4.15. The van der Waals surface area contributed by atoms with Gasteiger partial charge in [-0.1, -0.05) is 0 Å². The first-order valence-corrected chi connectivity index (χ1v) is 6.12. The Morgan fingerprint density at radius 3 is 2.81 bits per heavy atom. The first-order valence-electron chi connectivity index (χ1n) is 6.12. The molecule has 2 aliphatic rings. The average Bonchev–Trinajstić information content (AvgIpc) is 2.83. The lowest BCUT2D eigenvalue weighted by Crippen LogP contribution is -2.24. The van der Waals surface area contributed by atoms with Crippen molar-refractivity contribution in [3.8, 4) is 0 Å². The molecule has 0 spiro atoms. The van der Waals surface area contributed by atoms with Crippen LogP contribution in [0.25, 0.3) is 0 Å². The van der Waals surface area contributed by atoms with Gasteiger partial charge in [0.15, 0.2) is 0 Å². The lowest BCUT2D eigenvalue weighted by molar-refractivity contribution is 0.123. The van der Waals surface area contributed by atoms with Crippen LogP contribution < -0.4 is 0 Å². The Kier molecular flexibility index (Phi) is 2.65. The van der Waals surface area contributed by atoms with E-state index in [9.17, 15) is 5.11 Å². The van der Waals surface area contributed by atoms with Gasteiger partial charge in [-0.25, -0.2) is 0 Å². The number of likely N-dealkylation sites (tertiary alicyclic amines) is 1. The van der Waals surface area contributed by atoms with Gasteiger partial charge in [0, 0.05) is 37.9 Å². The third-order valence-electron chi connectivity index (χ3n) is 4.05. The summed E-state index contributed by atoms with van der Waals surface area (Å²) in [5.41, 5.74) is 1.32. The number of aliphatic hydroxyl groups excluding tert-OH is 1. The highest BCUT2D eigenvalue weighted by atomic mass is 16.3. The van der Waals surface area contributed by atoms with Crippen LogP contribution in [0.3, 0.4) is 0 Å². The number of nitrogens with zero attached hydrogens (tertiary/aromatic N) is 2. The fraction of sp³-hybridized carbons (Fsp3) is 0.615. The molecule has 1 saturated carbocycles. The molecule has 2 fully saturated rings. The van der Waals surface area contributed by atoms with Crippen molar-refractivity contribution in [3.05, 3.63) is 30.1 Å². The third-order valence-corrected chi connectivity index (χ3v) is 4.05. The number of hydrogen-bond acceptors (Lipinski definition) is 3. The topological polar surface area (TPSA) is 36.4 Å². The highest BCUT2D eigenvalue weighted by Gasteiger charge is 2.41. The van der Waals surface area contributed by atoms with Gasteiger partial charge in [0.2, 0.25) is 0 Å². The number of pyridine rings is 1.